The van der Waals surface area contributed by atoms with Crippen LogP contribution in [-0.4, -0.2) is 24.5 Å². The Bertz CT molecular complexity index is 1310. The molecule has 0 spiro atoms. The number of anilines is 3. The van der Waals surface area contributed by atoms with Gasteiger partial charge >= 0.3 is 29.6 Å². The van der Waals surface area contributed by atoms with E-state index in [4.69, 9.17) is 5.73 Å². The average molecular weight is 434 g/mol. The number of nitrogens with one attached hydrogen (secondary N) is 1. The van der Waals surface area contributed by atoms with E-state index in [0.29, 0.717) is 5.69 Å². The van der Waals surface area contributed by atoms with Crippen molar-refractivity contribution in [1.82, 2.24) is 0 Å². The third-order valence-corrected chi connectivity index (χ3v) is 5.47. The van der Waals surface area contributed by atoms with Crippen LogP contribution in [0.2, 0.25) is 0 Å². The predicted molar refractivity (Wildman–Crippen MR) is 102 cm³/mol. The first-order valence-corrected chi connectivity index (χ1v) is 9.72. The molecule has 30 heavy (non-hydrogen) atoms. The topological polar surface area (TPSA) is 129 Å². The van der Waals surface area contributed by atoms with Gasteiger partial charge in [0.25, 0.3) is 0 Å². The molecule has 146 valence electrons. The minimum atomic E-state index is -5.05. The maximum atomic E-state index is 13.2. The molecular formula is C20H12FN2NaO5S. The van der Waals surface area contributed by atoms with E-state index < -0.39 is 38.1 Å². The van der Waals surface area contributed by atoms with Crippen molar-refractivity contribution in [2.75, 3.05) is 11.1 Å². The third kappa shape index (κ3) is 3.66. The van der Waals surface area contributed by atoms with Crippen LogP contribution in [0.3, 0.4) is 0 Å². The van der Waals surface area contributed by atoms with E-state index in [9.17, 15) is 27.0 Å². The van der Waals surface area contributed by atoms with Crippen LogP contribution in [0, 0.1) is 5.82 Å². The molecule has 3 aromatic carbocycles. The molecule has 4 rings (SSSR count). The smallest absolute Gasteiger partial charge is 0.744 e. The van der Waals surface area contributed by atoms with Gasteiger partial charge in [-0.3, -0.25) is 9.59 Å². The fraction of sp³-hybridized carbons (Fsp3) is 0. The molecule has 0 radical (unpaired) electrons. The van der Waals surface area contributed by atoms with Crippen molar-refractivity contribution in [2.24, 2.45) is 0 Å². The normalized spacial score (nSPS) is 12.6. The Labute approximate surface area is 193 Å². The monoisotopic (exact) mass is 434 g/mol. The average Bonchev–Trinajstić information content (AvgIpc) is 2.68. The van der Waals surface area contributed by atoms with Gasteiger partial charge < -0.3 is 15.6 Å². The van der Waals surface area contributed by atoms with Crippen LogP contribution in [0.25, 0.3) is 0 Å². The van der Waals surface area contributed by atoms with E-state index in [2.05, 4.69) is 5.32 Å². The SMILES string of the molecule is Nc1c(S(=O)(=O)[O-])cc(Nc2ccc(F)cc2)c2c1C(=O)c1ccccc1C2=O.[Na+]. The van der Waals surface area contributed by atoms with Crippen molar-refractivity contribution in [3.63, 3.8) is 0 Å². The molecule has 7 nitrogen and oxygen atoms in total. The van der Waals surface area contributed by atoms with Crippen molar-refractivity contribution < 1.29 is 56.5 Å². The molecule has 0 saturated carbocycles. The molecular weight excluding hydrogens is 422 g/mol. The summed E-state index contributed by atoms with van der Waals surface area (Å²) in [6.45, 7) is 0. The van der Waals surface area contributed by atoms with Crippen molar-refractivity contribution in [3.8, 4) is 0 Å². The number of nitrogens with two attached hydrogens (primary N) is 1. The number of hydrogen-bond acceptors (Lipinski definition) is 7. The maximum absolute atomic E-state index is 13.2. The first kappa shape index (κ1) is 22.1. The minimum absolute atomic E-state index is 0. The number of fused-ring (bicyclic) bond motifs is 2. The molecule has 0 saturated heterocycles. The Morgan fingerprint density at radius 2 is 1.43 bits per heavy atom. The molecule has 3 aromatic rings. The first-order valence-electron chi connectivity index (χ1n) is 8.32. The summed E-state index contributed by atoms with van der Waals surface area (Å²) in [7, 11) is -5.05. The summed E-state index contributed by atoms with van der Waals surface area (Å²) >= 11 is 0. The number of ketones is 2. The zero-order valence-corrected chi connectivity index (χ0v) is 18.4. The van der Waals surface area contributed by atoms with Crippen LogP contribution < -0.4 is 40.6 Å². The van der Waals surface area contributed by atoms with E-state index in [1.165, 1.54) is 24.3 Å². The second kappa shape index (κ2) is 7.93. The number of halogens is 1. The molecule has 0 heterocycles. The van der Waals surface area contributed by atoms with Gasteiger partial charge in [-0.1, -0.05) is 24.3 Å². The van der Waals surface area contributed by atoms with E-state index in [1.807, 2.05) is 0 Å². The van der Waals surface area contributed by atoms with Crippen LogP contribution in [0.15, 0.2) is 59.5 Å². The number of benzene rings is 3. The molecule has 0 fully saturated rings. The van der Waals surface area contributed by atoms with Crippen molar-refractivity contribution in [3.05, 3.63) is 82.7 Å². The molecule has 0 aliphatic heterocycles. The summed E-state index contributed by atoms with van der Waals surface area (Å²) in [5.41, 5.74) is 5.18. The van der Waals surface area contributed by atoms with Gasteiger partial charge in [-0.2, -0.15) is 0 Å². The number of nitrogen functional groups attached to an aromatic ring is 1. The van der Waals surface area contributed by atoms with Gasteiger partial charge in [0, 0.05) is 16.8 Å². The Balaban J connectivity index is 0.00000256. The standard InChI is InChI=1S/C20H13FN2O5S.Na/c21-10-5-7-11(8-6-10)23-14-9-15(29(26,27)28)18(22)17-16(14)19(24)12-3-1-2-4-13(12)20(17)25;/h1-9,23H,22H2,(H,26,27,28);/q;+1/p-1. The number of carbonyl (C=O) groups is 2. The fourth-order valence-electron chi connectivity index (χ4n) is 3.29. The van der Waals surface area contributed by atoms with E-state index in [1.54, 1.807) is 12.1 Å². The van der Waals surface area contributed by atoms with E-state index in [0.717, 1.165) is 18.2 Å². The zero-order valence-electron chi connectivity index (χ0n) is 15.6. The summed E-state index contributed by atoms with van der Waals surface area (Å²) in [6.07, 6.45) is 0. The van der Waals surface area contributed by atoms with Crippen LogP contribution in [0.4, 0.5) is 21.5 Å². The van der Waals surface area contributed by atoms with Gasteiger partial charge in [0.05, 0.1) is 27.4 Å². The molecule has 1 aliphatic carbocycles. The van der Waals surface area contributed by atoms with Gasteiger partial charge in [-0.05, 0) is 30.3 Å². The Morgan fingerprint density at radius 3 is 1.97 bits per heavy atom. The van der Waals surface area contributed by atoms with Crippen molar-refractivity contribution in [1.29, 1.82) is 0 Å². The molecule has 0 atom stereocenters. The van der Waals surface area contributed by atoms with E-state index >= 15 is 0 Å². The molecule has 1 aliphatic rings. The third-order valence-electron chi connectivity index (χ3n) is 4.59. The minimum Gasteiger partial charge on any atom is -0.744 e. The maximum Gasteiger partial charge on any atom is 1.00 e. The van der Waals surface area contributed by atoms with Crippen molar-refractivity contribution in [2.45, 2.75) is 4.90 Å². The zero-order chi connectivity index (χ0) is 20.9. The van der Waals surface area contributed by atoms with Crippen LogP contribution in [0.1, 0.15) is 31.8 Å². The Hall–Kier alpha value is -2.56. The summed E-state index contributed by atoms with van der Waals surface area (Å²) in [4.78, 5) is 25.3. The fourth-order valence-corrected chi connectivity index (χ4v) is 3.92. The quantitative estimate of drug-likeness (QED) is 0.260. The molecule has 10 heteroatoms. The molecule has 0 unspecified atom stereocenters. The number of hydrogen-bond donors (Lipinski definition) is 2. The predicted octanol–water partition coefficient (Wildman–Crippen LogP) is -0.165. The molecule has 0 aromatic heterocycles. The molecule has 0 bridgehead atoms. The van der Waals surface area contributed by atoms with Crippen LogP contribution >= 0.6 is 0 Å². The molecule has 3 N–H and O–H groups in total. The summed E-state index contributed by atoms with van der Waals surface area (Å²) in [5.74, 6) is -1.72. The first-order chi connectivity index (χ1) is 13.7. The van der Waals surface area contributed by atoms with Gasteiger partial charge in [0.2, 0.25) is 0 Å². The van der Waals surface area contributed by atoms with Crippen LogP contribution in [-0.2, 0) is 10.1 Å². The van der Waals surface area contributed by atoms with Gasteiger partial charge in [-0.25, -0.2) is 12.8 Å². The Kier molecular flexibility index (Phi) is 5.85. The Morgan fingerprint density at radius 1 is 0.900 bits per heavy atom. The largest absolute Gasteiger partial charge is 1.00 e. The van der Waals surface area contributed by atoms with Gasteiger partial charge in [0.1, 0.15) is 15.9 Å². The van der Waals surface area contributed by atoms with Gasteiger partial charge in [-0.15, -0.1) is 0 Å². The summed E-state index contributed by atoms with van der Waals surface area (Å²) in [6, 6.07) is 12.0. The van der Waals surface area contributed by atoms with Crippen molar-refractivity contribution >= 4 is 38.7 Å². The van der Waals surface area contributed by atoms with Crippen LogP contribution in [0.5, 0.6) is 0 Å². The summed E-state index contributed by atoms with van der Waals surface area (Å²) < 4.78 is 48.3. The second-order valence-corrected chi connectivity index (χ2v) is 7.72. The second-order valence-electron chi connectivity index (χ2n) is 6.38. The molecule has 0 amide bonds. The van der Waals surface area contributed by atoms with Gasteiger partial charge in [0.15, 0.2) is 11.6 Å². The summed E-state index contributed by atoms with van der Waals surface area (Å²) in [5, 5.41) is 2.78. The number of rotatable bonds is 3. The van der Waals surface area contributed by atoms with E-state index in [-0.39, 0.29) is 57.5 Å². The number of carbonyl (C=O) groups excluding carboxylic acids is 2.